The Labute approximate surface area is 174 Å². The zero-order valence-electron chi connectivity index (χ0n) is 15.0. The summed E-state index contributed by atoms with van der Waals surface area (Å²) in [5, 5.41) is 2.75. The number of hydrogen-bond donors (Lipinski definition) is 1. The molecule has 9 heteroatoms. The van der Waals surface area contributed by atoms with Gasteiger partial charge < -0.3 is 15.1 Å². The van der Waals surface area contributed by atoms with Crippen LogP contribution in [0, 0.1) is 6.92 Å². The molecule has 144 valence electrons. The second-order valence-electron chi connectivity index (χ2n) is 6.33. The largest absolute Gasteiger partial charge is 0.340 e. The topological polar surface area (TPSA) is 69.7 Å². The molecule has 3 amide bonds. The Morgan fingerprint density at radius 3 is 2.19 bits per heavy atom. The van der Waals surface area contributed by atoms with Crippen molar-refractivity contribution in [2.45, 2.75) is 19.9 Å². The zero-order chi connectivity index (χ0) is 19.6. The molecule has 1 N–H and O–H groups in total. The first kappa shape index (κ1) is 20.0. The maximum atomic E-state index is 12.6. The Balaban J connectivity index is 1.51. The van der Waals surface area contributed by atoms with Gasteiger partial charge in [-0.05, 0) is 54.0 Å². The molecule has 3 rings (SSSR count). The molecule has 0 spiro atoms. The van der Waals surface area contributed by atoms with Crippen molar-refractivity contribution in [2.75, 3.05) is 26.2 Å². The molecular formula is C18H20BrN3O3S2. The standard InChI is InChI=1S/C18H20BrN3O3S2/c1-11-3-4-14(26-11)18(25)22-9-7-21(8-10-22)17(24)12(2)20-16(23)13-5-6-15(19)27-13/h3-6,12H,7-10H2,1-2H3,(H,20,23). The molecule has 0 bridgehead atoms. The highest BCUT2D eigenvalue weighted by molar-refractivity contribution is 9.11. The number of amides is 3. The minimum Gasteiger partial charge on any atom is -0.340 e. The highest BCUT2D eigenvalue weighted by Crippen LogP contribution is 2.22. The van der Waals surface area contributed by atoms with Gasteiger partial charge in [0.15, 0.2) is 0 Å². The number of halogens is 1. The fourth-order valence-corrected chi connectivity index (χ4v) is 5.00. The molecule has 2 aromatic rings. The van der Waals surface area contributed by atoms with Crippen molar-refractivity contribution in [1.29, 1.82) is 0 Å². The summed E-state index contributed by atoms with van der Waals surface area (Å²) < 4.78 is 0.869. The quantitative estimate of drug-likeness (QED) is 0.747. The molecule has 1 atom stereocenters. The van der Waals surface area contributed by atoms with Crippen molar-refractivity contribution in [2.24, 2.45) is 0 Å². The van der Waals surface area contributed by atoms with Gasteiger partial charge in [-0.3, -0.25) is 14.4 Å². The SMILES string of the molecule is Cc1ccc(C(=O)N2CCN(C(=O)C(C)NC(=O)c3ccc(Br)s3)CC2)s1. The van der Waals surface area contributed by atoms with E-state index >= 15 is 0 Å². The lowest BCUT2D eigenvalue weighted by Crippen LogP contribution is -2.55. The van der Waals surface area contributed by atoms with Gasteiger partial charge in [-0.2, -0.15) is 0 Å². The fraction of sp³-hybridized carbons (Fsp3) is 0.389. The van der Waals surface area contributed by atoms with E-state index in [2.05, 4.69) is 21.2 Å². The second-order valence-corrected chi connectivity index (χ2v) is 10.1. The molecule has 0 radical (unpaired) electrons. The van der Waals surface area contributed by atoms with Gasteiger partial charge >= 0.3 is 0 Å². The first-order valence-corrected chi connectivity index (χ1v) is 11.0. The van der Waals surface area contributed by atoms with Gasteiger partial charge in [0.05, 0.1) is 13.5 Å². The van der Waals surface area contributed by atoms with Crippen LogP contribution in [0.1, 0.15) is 31.1 Å². The van der Waals surface area contributed by atoms with E-state index in [4.69, 9.17) is 0 Å². The van der Waals surface area contributed by atoms with E-state index in [1.165, 1.54) is 22.7 Å². The van der Waals surface area contributed by atoms with Crippen molar-refractivity contribution in [3.63, 3.8) is 0 Å². The third-order valence-corrected chi connectivity index (χ3v) is 6.96. The average Bonchev–Trinajstić information content (AvgIpc) is 3.29. The summed E-state index contributed by atoms with van der Waals surface area (Å²) in [5.74, 6) is -0.365. The second kappa shape index (κ2) is 8.53. The highest BCUT2D eigenvalue weighted by Gasteiger charge is 2.28. The highest BCUT2D eigenvalue weighted by atomic mass is 79.9. The van der Waals surface area contributed by atoms with Gasteiger partial charge in [0.25, 0.3) is 11.8 Å². The minimum absolute atomic E-state index is 0.0184. The minimum atomic E-state index is -0.611. The monoisotopic (exact) mass is 469 g/mol. The molecule has 1 aliphatic heterocycles. The molecular weight excluding hydrogens is 450 g/mol. The van der Waals surface area contributed by atoms with Crippen molar-refractivity contribution in [1.82, 2.24) is 15.1 Å². The number of thiophene rings is 2. The van der Waals surface area contributed by atoms with Crippen LogP contribution in [-0.2, 0) is 4.79 Å². The Morgan fingerprint density at radius 1 is 1.00 bits per heavy atom. The summed E-state index contributed by atoms with van der Waals surface area (Å²) in [6.07, 6.45) is 0. The van der Waals surface area contributed by atoms with Gasteiger partial charge in [-0.1, -0.05) is 0 Å². The van der Waals surface area contributed by atoms with Gasteiger partial charge in [0.2, 0.25) is 5.91 Å². The van der Waals surface area contributed by atoms with Gasteiger partial charge in [-0.15, -0.1) is 22.7 Å². The summed E-state index contributed by atoms with van der Waals surface area (Å²) in [5.41, 5.74) is 0. The molecule has 0 aromatic carbocycles. The van der Waals surface area contributed by atoms with E-state index in [0.717, 1.165) is 13.5 Å². The maximum Gasteiger partial charge on any atom is 0.264 e. The van der Waals surface area contributed by atoms with Gasteiger partial charge in [-0.25, -0.2) is 0 Å². The summed E-state index contributed by atoms with van der Waals surface area (Å²) in [4.78, 5) is 43.2. The molecule has 2 aromatic heterocycles. The van der Waals surface area contributed by atoms with Crippen LogP contribution in [-0.4, -0.2) is 59.7 Å². The van der Waals surface area contributed by atoms with Crippen LogP contribution in [0.4, 0.5) is 0 Å². The number of hydrogen-bond acceptors (Lipinski definition) is 5. The van der Waals surface area contributed by atoms with E-state index in [-0.39, 0.29) is 17.7 Å². The first-order valence-electron chi connectivity index (χ1n) is 8.56. The Kier molecular flexibility index (Phi) is 6.33. The van der Waals surface area contributed by atoms with E-state index in [1.54, 1.807) is 28.9 Å². The van der Waals surface area contributed by atoms with Crippen LogP contribution in [0.25, 0.3) is 0 Å². The molecule has 0 aliphatic carbocycles. The van der Waals surface area contributed by atoms with E-state index in [9.17, 15) is 14.4 Å². The molecule has 27 heavy (non-hydrogen) atoms. The number of nitrogens with one attached hydrogen (secondary N) is 1. The lowest BCUT2D eigenvalue weighted by atomic mass is 10.2. The predicted molar refractivity (Wildman–Crippen MR) is 110 cm³/mol. The van der Waals surface area contributed by atoms with Crippen molar-refractivity contribution in [3.8, 4) is 0 Å². The number of rotatable bonds is 4. The molecule has 1 unspecified atom stereocenters. The summed E-state index contributed by atoms with van der Waals surface area (Å²) in [7, 11) is 0. The summed E-state index contributed by atoms with van der Waals surface area (Å²) in [6.45, 7) is 5.61. The van der Waals surface area contributed by atoms with Crippen LogP contribution < -0.4 is 5.32 Å². The average molecular weight is 470 g/mol. The zero-order valence-corrected chi connectivity index (χ0v) is 18.2. The van der Waals surface area contributed by atoms with Crippen molar-refractivity contribution in [3.05, 3.63) is 42.7 Å². The van der Waals surface area contributed by atoms with E-state index in [0.29, 0.717) is 31.1 Å². The van der Waals surface area contributed by atoms with Crippen LogP contribution in [0.2, 0.25) is 0 Å². The molecule has 1 saturated heterocycles. The van der Waals surface area contributed by atoms with Crippen LogP contribution >= 0.6 is 38.6 Å². The first-order chi connectivity index (χ1) is 12.8. The number of nitrogens with zero attached hydrogens (tertiary/aromatic N) is 2. The third-order valence-electron chi connectivity index (χ3n) is 4.34. The Hall–Kier alpha value is -1.71. The van der Waals surface area contributed by atoms with Crippen LogP contribution in [0.15, 0.2) is 28.1 Å². The Morgan fingerprint density at radius 2 is 1.63 bits per heavy atom. The normalized spacial score (nSPS) is 15.5. The fourth-order valence-electron chi connectivity index (χ4n) is 2.87. The molecule has 1 aliphatic rings. The maximum absolute atomic E-state index is 12.6. The smallest absolute Gasteiger partial charge is 0.264 e. The summed E-state index contributed by atoms with van der Waals surface area (Å²) >= 11 is 6.14. The van der Waals surface area contributed by atoms with Crippen LogP contribution in [0.3, 0.4) is 0 Å². The lowest BCUT2D eigenvalue weighted by Gasteiger charge is -2.35. The number of carbonyl (C=O) groups is 3. The number of carbonyl (C=O) groups excluding carboxylic acids is 3. The van der Waals surface area contributed by atoms with Gasteiger partial charge in [0, 0.05) is 31.1 Å². The molecule has 6 nitrogen and oxygen atoms in total. The molecule has 3 heterocycles. The van der Waals surface area contributed by atoms with Gasteiger partial charge in [0.1, 0.15) is 6.04 Å². The molecule has 0 saturated carbocycles. The van der Waals surface area contributed by atoms with Crippen molar-refractivity contribution >= 4 is 56.3 Å². The third kappa shape index (κ3) is 4.77. The Bertz CT molecular complexity index is 856. The lowest BCUT2D eigenvalue weighted by molar-refractivity contribution is -0.134. The van der Waals surface area contributed by atoms with Crippen molar-refractivity contribution < 1.29 is 14.4 Å². The summed E-state index contributed by atoms with van der Waals surface area (Å²) in [6, 6.07) is 6.70. The van der Waals surface area contributed by atoms with Crippen LogP contribution in [0.5, 0.6) is 0 Å². The number of aryl methyl sites for hydroxylation is 1. The number of piperazine rings is 1. The molecule has 1 fully saturated rings. The van der Waals surface area contributed by atoms with E-state index in [1.807, 2.05) is 19.1 Å². The predicted octanol–water partition coefficient (Wildman–Crippen LogP) is 2.98. The van der Waals surface area contributed by atoms with E-state index < -0.39 is 6.04 Å².